The number of Topliss-reactive ketones (excluding diaryl/α,β-unsaturated/α-hetero) is 1. The number of ketones is 1. The average Bonchev–Trinajstić information content (AvgIpc) is 2.55. The van der Waals surface area contributed by atoms with Crippen molar-refractivity contribution in [2.45, 2.75) is 44.4 Å². The molecule has 2 fully saturated rings. The quantitative estimate of drug-likeness (QED) is 0.725. The zero-order valence-corrected chi connectivity index (χ0v) is 13.9. The van der Waals surface area contributed by atoms with Crippen molar-refractivity contribution >= 4 is 5.78 Å². The van der Waals surface area contributed by atoms with Crippen LogP contribution in [0.3, 0.4) is 0 Å². The first-order valence-electron chi connectivity index (χ1n) is 8.68. The molecule has 2 bridgehead atoms. The van der Waals surface area contributed by atoms with Gasteiger partial charge in [-0.1, -0.05) is 30.3 Å². The first kappa shape index (κ1) is 16.6. The van der Waals surface area contributed by atoms with Gasteiger partial charge in [0.2, 0.25) is 0 Å². The van der Waals surface area contributed by atoms with Crippen molar-refractivity contribution in [1.82, 2.24) is 4.90 Å². The molecule has 2 unspecified atom stereocenters. The summed E-state index contributed by atoms with van der Waals surface area (Å²) in [5.74, 6) is 0.637. The second-order valence-electron chi connectivity index (χ2n) is 6.79. The topological polar surface area (TPSA) is 38.8 Å². The smallest absolute Gasteiger partial charge is 0.136 e. The molecular weight excluding hydrogens is 290 g/mol. The fourth-order valence-electron chi connectivity index (χ4n) is 3.67. The van der Waals surface area contributed by atoms with Crippen LogP contribution in [0.15, 0.2) is 30.3 Å². The van der Waals surface area contributed by atoms with Gasteiger partial charge >= 0.3 is 0 Å². The number of hydrogen-bond acceptors (Lipinski definition) is 4. The van der Waals surface area contributed by atoms with Gasteiger partial charge < -0.3 is 9.47 Å². The number of morpholine rings is 1. The average molecular weight is 317 g/mol. The van der Waals surface area contributed by atoms with Gasteiger partial charge in [-0.05, 0) is 31.9 Å². The van der Waals surface area contributed by atoms with E-state index in [4.69, 9.17) is 9.47 Å². The first-order chi connectivity index (χ1) is 11.2. The molecule has 3 rings (SSSR count). The lowest BCUT2D eigenvalue weighted by Crippen LogP contribution is -2.55. The van der Waals surface area contributed by atoms with Gasteiger partial charge in [0, 0.05) is 31.0 Å². The molecule has 0 N–H and O–H groups in total. The lowest BCUT2D eigenvalue weighted by Gasteiger charge is -2.46. The molecule has 126 valence electrons. The van der Waals surface area contributed by atoms with Crippen molar-refractivity contribution < 1.29 is 14.3 Å². The lowest BCUT2D eigenvalue weighted by atomic mass is 9.82. The van der Waals surface area contributed by atoms with Crippen LogP contribution in [-0.4, -0.2) is 49.6 Å². The van der Waals surface area contributed by atoms with Gasteiger partial charge in [0.1, 0.15) is 5.78 Å². The van der Waals surface area contributed by atoms with Gasteiger partial charge in [0.15, 0.2) is 0 Å². The minimum atomic E-state index is 0.222. The molecule has 23 heavy (non-hydrogen) atoms. The maximum absolute atomic E-state index is 12.5. The molecule has 0 radical (unpaired) electrons. The van der Waals surface area contributed by atoms with Crippen LogP contribution in [0.25, 0.3) is 0 Å². The number of nitrogens with zero attached hydrogens (tertiary/aromatic N) is 1. The van der Waals surface area contributed by atoms with Crippen LogP contribution >= 0.6 is 0 Å². The Labute approximate surface area is 138 Å². The largest absolute Gasteiger partial charge is 0.378 e. The third-order valence-electron chi connectivity index (χ3n) is 5.16. The van der Waals surface area contributed by atoms with E-state index >= 15 is 0 Å². The predicted molar refractivity (Wildman–Crippen MR) is 89.2 cm³/mol. The van der Waals surface area contributed by atoms with Gasteiger partial charge in [-0.3, -0.25) is 9.69 Å². The molecule has 4 heteroatoms. The normalized spacial score (nSPS) is 27.8. The van der Waals surface area contributed by atoms with E-state index in [1.807, 2.05) is 18.2 Å². The SMILES string of the molecule is CN1C2COCC1CC(C(=O)CCCOCc1ccccc1)C2. The van der Waals surface area contributed by atoms with Crippen LogP contribution in [0.1, 0.15) is 31.2 Å². The van der Waals surface area contributed by atoms with Crippen LogP contribution in [0.4, 0.5) is 0 Å². The molecule has 2 heterocycles. The van der Waals surface area contributed by atoms with E-state index in [9.17, 15) is 4.79 Å². The van der Waals surface area contributed by atoms with Crippen molar-refractivity contribution in [3.63, 3.8) is 0 Å². The Morgan fingerprint density at radius 1 is 1.22 bits per heavy atom. The summed E-state index contributed by atoms with van der Waals surface area (Å²) in [6.07, 6.45) is 3.38. The highest BCUT2D eigenvalue weighted by atomic mass is 16.5. The summed E-state index contributed by atoms with van der Waals surface area (Å²) in [5.41, 5.74) is 1.18. The summed E-state index contributed by atoms with van der Waals surface area (Å²) in [5, 5.41) is 0. The van der Waals surface area contributed by atoms with Crippen LogP contribution in [-0.2, 0) is 20.9 Å². The Balaban J connectivity index is 1.35. The molecule has 0 aromatic heterocycles. The Bertz CT molecular complexity index is 491. The van der Waals surface area contributed by atoms with E-state index in [-0.39, 0.29) is 5.92 Å². The predicted octanol–water partition coefficient (Wildman–Crippen LogP) is 2.66. The van der Waals surface area contributed by atoms with Gasteiger partial charge in [0.05, 0.1) is 19.8 Å². The van der Waals surface area contributed by atoms with Gasteiger partial charge in [-0.15, -0.1) is 0 Å². The molecular formula is C19H27NO3. The minimum Gasteiger partial charge on any atom is -0.378 e. The third-order valence-corrected chi connectivity index (χ3v) is 5.16. The van der Waals surface area contributed by atoms with Crippen molar-refractivity contribution in [1.29, 1.82) is 0 Å². The summed E-state index contributed by atoms with van der Waals surface area (Å²) in [6, 6.07) is 11.0. The first-order valence-corrected chi connectivity index (χ1v) is 8.68. The number of fused-ring (bicyclic) bond motifs is 2. The van der Waals surface area contributed by atoms with Crippen LogP contribution in [0.2, 0.25) is 0 Å². The molecule has 2 saturated heterocycles. The number of rotatable bonds is 7. The fourth-order valence-corrected chi connectivity index (χ4v) is 3.67. The highest BCUT2D eigenvalue weighted by Crippen LogP contribution is 2.31. The molecule has 1 aromatic carbocycles. The van der Waals surface area contributed by atoms with Crippen LogP contribution in [0.5, 0.6) is 0 Å². The standard InChI is InChI=1S/C19H27NO3/c1-20-17-10-16(11-18(20)14-23-13-17)19(21)8-5-9-22-12-15-6-3-2-4-7-15/h2-4,6-7,16-18H,5,8-14H2,1H3. The minimum absolute atomic E-state index is 0.222. The number of ether oxygens (including phenoxy) is 2. The Hall–Kier alpha value is -1.23. The Morgan fingerprint density at radius 3 is 2.61 bits per heavy atom. The number of piperidine rings is 1. The second kappa shape index (κ2) is 8.04. The summed E-state index contributed by atoms with van der Waals surface area (Å²) >= 11 is 0. The van der Waals surface area contributed by atoms with Gasteiger partial charge in [-0.25, -0.2) is 0 Å². The molecule has 0 spiro atoms. The van der Waals surface area contributed by atoms with E-state index in [1.165, 1.54) is 5.56 Å². The molecule has 0 amide bonds. The van der Waals surface area contributed by atoms with E-state index in [1.54, 1.807) is 0 Å². The number of hydrogen-bond donors (Lipinski definition) is 0. The third kappa shape index (κ3) is 4.40. The molecule has 2 atom stereocenters. The zero-order chi connectivity index (χ0) is 16.1. The zero-order valence-electron chi connectivity index (χ0n) is 13.9. The van der Waals surface area contributed by atoms with E-state index < -0.39 is 0 Å². The van der Waals surface area contributed by atoms with Gasteiger partial charge in [-0.2, -0.15) is 0 Å². The molecule has 4 nitrogen and oxygen atoms in total. The molecule has 0 saturated carbocycles. The molecule has 0 aliphatic carbocycles. The van der Waals surface area contributed by atoms with Crippen molar-refractivity contribution in [3.05, 3.63) is 35.9 Å². The number of carbonyl (C=O) groups excluding carboxylic acids is 1. The summed E-state index contributed by atoms with van der Waals surface area (Å²) in [7, 11) is 2.16. The summed E-state index contributed by atoms with van der Waals surface area (Å²) < 4.78 is 11.3. The van der Waals surface area contributed by atoms with E-state index in [0.717, 1.165) is 32.5 Å². The molecule has 1 aromatic rings. The highest BCUT2D eigenvalue weighted by Gasteiger charge is 2.38. The van der Waals surface area contributed by atoms with E-state index in [2.05, 4.69) is 24.1 Å². The molecule has 2 aliphatic heterocycles. The van der Waals surface area contributed by atoms with Crippen molar-refractivity contribution in [3.8, 4) is 0 Å². The number of benzene rings is 1. The Kier molecular flexibility index (Phi) is 5.81. The number of carbonyl (C=O) groups is 1. The number of likely N-dealkylation sites (N-methyl/N-ethyl adjacent to an activating group) is 1. The summed E-state index contributed by atoms with van der Waals surface area (Å²) in [6.45, 7) is 2.84. The maximum Gasteiger partial charge on any atom is 0.136 e. The van der Waals surface area contributed by atoms with Crippen molar-refractivity contribution in [2.75, 3.05) is 26.9 Å². The van der Waals surface area contributed by atoms with Crippen LogP contribution < -0.4 is 0 Å². The highest BCUT2D eigenvalue weighted by molar-refractivity contribution is 5.81. The maximum atomic E-state index is 12.5. The monoisotopic (exact) mass is 317 g/mol. The second-order valence-corrected chi connectivity index (χ2v) is 6.79. The Morgan fingerprint density at radius 2 is 1.91 bits per heavy atom. The summed E-state index contributed by atoms with van der Waals surface area (Å²) in [4.78, 5) is 14.9. The van der Waals surface area contributed by atoms with Crippen LogP contribution in [0, 0.1) is 5.92 Å². The van der Waals surface area contributed by atoms with Crippen molar-refractivity contribution in [2.24, 2.45) is 5.92 Å². The lowest BCUT2D eigenvalue weighted by molar-refractivity contribution is -0.131. The van der Waals surface area contributed by atoms with E-state index in [0.29, 0.717) is 37.5 Å². The molecule has 2 aliphatic rings. The van der Waals surface area contributed by atoms with Gasteiger partial charge in [0.25, 0.3) is 0 Å². The fraction of sp³-hybridized carbons (Fsp3) is 0.632.